The highest BCUT2D eigenvalue weighted by Gasteiger charge is 2.25. The number of sulfonamides is 1. The predicted octanol–water partition coefficient (Wildman–Crippen LogP) is 2.82. The van der Waals surface area contributed by atoms with Crippen molar-refractivity contribution in [3.63, 3.8) is 0 Å². The van der Waals surface area contributed by atoms with E-state index in [4.69, 9.17) is 0 Å². The van der Waals surface area contributed by atoms with Crippen LogP contribution in [-0.4, -0.2) is 44.7 Å². The molecule has 27 heavy (non-hydrogen) atoms. The van der Waals surface area contributed by atoms with Crippen molar-refractivity contribution in [1.29, 1.82) is 0 Å². The summed E-state index contributed by atoms with van der Waals surface area (Å²) in [5.74, 6) is 0. The van der Waals surface area contributed by atoms with Crippen molar-refractivity contribution in [3.8, 4) is 0 Å². The Morgan fingerprint density at radius 1 is 1.11 bits per heavy atom. The molecule has 0 saturated carbocycles. The van der Waals surface area contributed by atoms with E-state index in [0.29, 0.717) is 13.1 Å². The smallest absolute Gasteiger partial charge is 0.321 e. The van der Waals surface area contributed by atoms with Gasteiger partial charge in [-0.2, -0.15) is 0 Å². The van der Waals surface area contributed by atoms with Crippen molar-refractivity contribution in [2.45, 2.75) is 25.3 Å². The maximum absolute atomic E-state index is 12.7. The lowest BCUT2D eigenvalue weighted by Crippen LogP contribution is -2.50. The molecule has 6 nitrogen and oxygen atoms in total. The highest BCUT2D eigenvalue weighted by Crippen LogP contribution is 2.20. The molecule has 144 valence electrons. The first-order valence-electron chi connectivity index (χ1n) is 9.06. The fraction of sp³-hybridized carbons (Fsp3) is 0.350. The number of amides is 2. The fourth-order valence-corrected chi connectivity index (χ4v) is 4.16. The molecule has 0 aliphatic carbocycles. The zero-order valence-corrected chi connectivity index (χ0v) is 16.2. The molecular weight excluding hydrogens is 362 g/mol. The number of para-hydroxylation sites is 1. The Morgan fingerprint density at radius 2 is 1.81 bits per heavy atom. The van der Waals surface area contributed by atoms with E-state index in [1.54, 1.807) is 4.90 Å². The summed E-state index contributed by atoms with van der Waals surface area (Å²) in [6.07, 6.45) is 3.38. The molecule has 2 aromatic rings. The summed E-state index contributed by atoms with van der Waals surface area (Å²) >= 11 is 0. The normalized spacial score (nSPS) is 17.5. The van der Waals surface area contributed by atoms with Crippen LogP contribution in [-0.2, 0) is 16.4 Å². The summed E-state index contributed by atoms with van der Waals surface area (Å²) < 4.78 is 25.5. The van der Waals surface area contributed by atoms with Crippen LogP contribution in [0.25, 0.3) is 0 Å². The van der Waals surface area contributed by atoms with Crippen LogP contribution in [0.5, 0.6) is 0 Å². The quantitative estimate of drug-likeness (QED) is 0.828. The number of benzene rings is 2. The van der Waals surface area contributed by atoms with Gasteiger partial charge in [-0.15, -0.1) is 0 Å². The number of nitrogens with zero attached hydrogens (tertiary/aromatic N) is 1. The van der Waals surface area contributed by atoms with Gasteiger partial charge in [0.05, 0.1) is 6.26 Å². The highest BCUT2D eigenvalue weighted by molar-refractivity contribution is 7.88. The average Bonchev–Trinajstić information content (AvgIpc) is 2.63. The summed E-state index contributed by atoms with van der Waals surface area (Å²) in [7, 11) is -3.28. The summed E-state index contributed by atoms with van der Waals surface area (Å²) in [5, 5.41) is 2.99. The van der Waals surface area contributed by atoms with Gasteiger partial charge in [0, 0.05) is 24.8 Å². The van der Waals surface area contributed by atoms with E-state index in [2.05, 4.69) is 22.2 Å². The first kappa shape index (κ1) is 19.4. The van der Waals surface area contributed by atoms with Gasteiger partial charge in [0.15, 0.2) is 0 Å². The Bertz CT molecular complexity index is 884. The second-order valence-electron chi connectivity index (χ2n) is 6.92. The van der Waals surface area contributed by atoms with Crippen LogP contribution in [0.1, 0.15) is 24.0 Å². The van der Waals surface area contributed by atoms with E-state index >= 15 is 0 Å². The molecule has 1 heterocycles. The van der Waals surface area contributed by atoms with E-state index < -0.39 is 10.0 Å². The Hall–Kier alpha value is -2.38. The first-order chi connectivity index (χ1) is 12.9. The molecule has 3 rings (SSSR count). The molecule has 0 spiro atoms. The molecule has 2 N–H and O–H groups in total. The molecule has 0 aromatic heterocycles. The Balaban J connectivity index is 1.67. The lowest BCUT2D eigenvalue weighted by Gasteiger charge is -2.33. The molecule has 1 aliphatic heterocycles. The van der Waals surface area contributed by atoms with Crippen molar-refractivity contribution in [2.24, 2.45) is 0 Å². The first-order valence-corrected chi connectivity index (χ1v) is 10.9. The van der Waals surface area contributed by atoms with Gasteiger partial charge < -0.3 is 10.2 Å². The number of hydrogen-bond donors (Lipinski definition) is 2. The maximum Gasteiger partial charge on any atom is 0.321 e. The number of piperidine rings is 1. The molecule has 0 unspecified atom stereocenters. The standard InChI is InChI=1S/C20H25N3O3S/c1-27(25,26)22-18-11-7-13-23(15-18)20(24)21-19-12-6-5-10-17(19)14-16-8-3-2-4-9-16/h2-6,8-10,12,18,22H,7,11,13-15H2,1H3,(H,21,24)/t18-/m0/s1. The van der Waals surface area contributed by atoms with Gasteiger partial charge in [0.25, 0.3) is 0 Å². The number of carbonyl (C=O) groups is 1. The summed E-state index contributed by atoms with van der Waals surface area (Å²) in [6.45, 7) is 0.994. The minimum absolute atomic E-state index is 0.199. The van der Waals surface area contributed by atoms with Crippen LogP contribution in [0.3, 0.4) is 0 Å². The highest BCUT2D eigenvalue weighted by atomic mass is 32.2. The monoisotopic (exact) mass is 387 g/mol. The Kier molecular flexibility index (Phi) is 6.13. The van der Waals surface area contributed by atoms with Crippen molar-refractivity contribution >= 4 is 21.7 Å². The Labute approximate surface area is 160 Å². The average molecular weight is 388 g/mol. The predicted molar refractivity (Wildman–Crippen MR) is 107 cm³/mol. The molecule has 0 radical (unpaired) electrons. The number of nitrogens with one attached hydrogen (secondary N) is 2. The van der Waals surface area contributed by atoms with Crippen LogP contribution >= 0.6 is 0 Å². The summed E-state index contributed by atoms with van der Waals surface area (Å²) in [5.41, 5.74) is 3.00. The molecule has 0 bridgehead atoms. The maximum atomic E-state index is 12.7. The van der Waals surface area contributed by atoms with Gasteiger partial charge >= 0.3 is 6.03 Å². The van der Waals surface area contributed by atoms with E-state index in [1.165, 1.54) is 5.56 Å². The molecule has 7 heteroatoms. The van der Waals surface area contributed by atoms with E-state index in [1.807, 2.05) is 42.5 Å². The van der Waals surface area contributed by atoms with Crippen molar-refractivity contribution < 1.29 is 13.2 Å². The second kappa shape index (κ2) is 8.54. The van der Waals surface area contributed by atoms with Crippen LogP contribution in [0, 0.1) is 0 Å². The second-order valence-corrected chi connectivity index (χ2v) is 8.70. The molecular formula is C20H25N3O3S. The molecule has 1 atom stereocenters. The van der Waals surface area contributed by atoms with Crippen LogP contribution < -0.4 is 10.0 Å². The molecule has 1 aliphatic rings. The van der Waals surface area contributed by atoms with Crippen molar-refractivity contribution in [2.75, 3.05) is 24.7 Å². The zero-order valence-electron chi connectivity index (χ0n) is 15.4. The molecule has 1 saturated heterocycles. The fourth-order valence-electron chi connectivity index (χ4n) is 3.37. The lowest BCUT2D eigenvalue weighted by atomic mass is 10.0. The third-order valence-electron chi connectivity index (χ3n) is 4.59. The number of hydrogen-bond acceptors (Lipinski definition) is 3. The number of carbonyl (C=O) groups excluding carboxylic acids is 1. The number of urea groups is 1. The van der Waals surface area contributed by atoms with Crippen LogP contribution in [0.15, 0.2) is 54.6 Å². The van der Waals surface area contributed by atoms with Crippen molar-refractivity contribution in [1.82, 2.24) is 9.62 Å². The molecule has 2 amide bonds. The SMILES string of the molecule is CS(=O)(=O)N[C@H]1CCCN(C(=O)Nc2ccccc2Cc2ccccc2)C1. The van der Waals surface area contributed by atoms with Crippen LogP contribution in [0.4, 0.5) is 10.5 Å². The largest absolute Gasteiger partial charge is 0.323 e. The van der Waals surface area contributed by atoms with Crippen molar-refractivity contribution in [3.05, 3.63) is 65.7 Å². The number of likely N-dealkylation sites (tertiary alicyclic amines) is 1. The Morgan fingerprint density at radius 3 is 2.56 bits per heavy atom. The zero-order chi connectivity index (χ0) is 19.3. The third-order valence-corrected chi connectivity index (χ3v) is 5.35. The lowest BCUT2D eigenvalue weighted by molar-refractivity contribution is 0.190. The van der Waals surface area contributed by atoms with Gasteiger partial charge in [-0.25, -0.2) is 17.9 Å². The number of rotatable bonds is 5. The minimum atomic E-state index is -3.28. The molecule has 2 aromatic carbocycles. The van der Waals surface area contributed by atoms with Gasteiger partial charge in [-0.3, -0.25) is 0 Å². The van der Waals surface area contributed by atoms with Gasteiger partial charge in [0.2, 0.25) is 10.0 Å². The third kappa shape index (κ3) is 5.80. The number of anilines is 1. The van der Waals surface area contributed by atoms with Gasteiger partial charge in [0.1, 0.15) is 0 Å². The minimum Gasteiger partial charge on any atom is -0.323 e. The summed E-state index contributed by atoms with van der Waals surface area (Å²) in [6, 6.07) is 17.4. The topological polar surface area (TPSA) is 78.5 Å². The molecule has 1 fully saturated rings. The van der Waals surface area contributed by atoms with E-state index in [9.17, 15) is 13.2 Å². The van der Waals surface area contributed by atoms with Gasteiger partial charge in [-0.05, 0) is 36.5 Å². The van der Waals surface area contributed by atoms with Crippen LogP contribution in [0.2, 0.25) is 0 Å². The summed E-state index contributed by atoms with van der Waals surface area (Å²) in [4.78, 5) is 14.4. The van der Waals surface area contributed by atoms with Gasteiger partial charge in [-0.1, -0.05) is 48.5 Å². The van der Waals surface area contributed by atoms with E-state index in [0.717, 1.165) is 36.8 Å². The van der Waals surface area contributed by atoms with E-state index in [-0.39, 0.29) is 12.1 Å².